The van der Waals surface area contributed by atoms with Crippen molar-refractivity contribution in [2.45, 2.75) is 132 Å². The molecule has 0 saturated heterocycles. The van der Waals surface area contributed by atoms with Gasteiger partial charge >= 0.3 is 0 Å². The van der Waals surface area contributed by atoms with Gasteiger partial charge in [0.25, 0.3) is 0 Å². The highest BCUT2D eigenvalue weighted by Gasteiger charge is 2.22. The molecule has 0 aromatic heterocycles. The molecule has 4 nitrogen and oxygen atoms in total. The molecule has 0 saturated carbocycles. The lowest BCUT2D eigenvalue weighted by molar-refractivity contribution is 0.314. The lowest BCUT2D eigenvalue weighted by Crippen LogP contribution is -1.98. The maximum absolute atomic E-state index is 10.7. The Hall–Kier alpha value is -2.88. The van der Waals surface area contributed by atoms with E-state index >= 15 is 0 Å². The second kappa shape index (κ2) is 20.9. The third-order valence-corrected chi connectivity index (χ3v) is 8.37. The normalized spacial score (nSPS) is 13.7. The summed E-state index contributed by atoms with van der Waals surface area (Å²) in [6.45, 7) is 17.4. The highest BCUT2D eigenvalue weighted by molar-refractivity contribution is 5.66. The molecule has 0 bridgehead atoms. The van der Waals surface area contributed by atoms with Crippen LogP contribution >= 0.6 is 0 Å². The standard InChI is InChI=1S/C39H62O4/c1-28(2)16-11-17-29(3)18-12-19-30(4)20-13-21-31(5)22-14-23-32(6)24-15-25-33(7)26-27-35-34(8)36(40)38(42-9)39(43-10)37(35)41/h16,18,20,22,26,32,40-41H,11-15,17,19,21,23-25,27H2,1-10H3/b29-18+,30-20+,31-22+,33-26+. The zero-order valence-corrected chi connectivity index (χ0v) is 29.2. The molecule has 1 unspecified atom stereocenters. The molecule has 0 aliphatic rings. The highest BCUT2D eigenvalue weighted by Crippen LogP contribution is 2.48. The van der Waals surface area contributed by atoms with E-state index in [-0.39, 0.29) is 23.0 Å². The molecule has 0 aliphatic heterocycles. The summed E-state index contributed by atoms with van der Waals surface area (Å²) in [4.78, 5) is 0. The molecule has 0 heterocycles. The van der Waals surface area contributed by atoms with E-state index < -0.39 is 0 Å². The number of aromatic hydroxyl groups is 2. The number of ether oxygens (including phenoxy) is 2. The molecule has 1 aromatic rings. The topological polar surface area (TPSA) is 58.9 Å². The van der Waals surface area contributed by atoms with Gasteiger partial charge in [-0.2, -0.15) is 0 Å². The monoisotopic (exact) mass is 594 g/mol. The molecule has 2 N–H and O–H groups in total. The number of methoxy groups -OCH3 is 2. The van der Waals surface area contributed by atoms with Crippen LogP contribution in [0.1, 0.15) is 130 Å². The average Bonchev–Trinajstić information content (AvgIpc) is 2.94. The van der Waals surface area contributed by atoms with E-state index in [0.29, 0.717) is 23.5 Å². The average molecular weight is 595 g/mol. The minimum absolute atomic E-state index is 0.0165. The van der Waals surface area contributed by atoms with E-state index in [1.165, 1.54) is 61.3 Å². The van der Waals surface area contributed by atoms with Crippen molar-refractivity contribution < 1.29 is 19.7 Å². The lowest BCUT2D eigenvalue weighted by Gasteiger charge is -2.17. The van der Waals surface area contributed by atoms with Gasteiger partial charge in [-0.1, -0.05) is 71.6 Å². The Balaban J connectivity index is 2.37. The number of phenolic OH excluding ortho intramolecular Hbond substituents is 2. The predicted molar refractivity (Wildman–Crippen MR) is 186 cm³/mol. The van der Waals surface area contributed by atoms with Crippen molar-refractivity contribution in [3.8, 4) is 23.0 Å². The number of allylic oxidation sites excluding steroid dienone is 10. The van der Waals surface area contributed by atoms with Gasteiger partial charge in [-0.3, -0.25) is 0 Å². The molecule has 1 atom stereocenters. The summed E-state index contributed by atoms with van der Waals surface area (Å²) in [7, 11) is 2.92. The number of hydrogen-bond acceptors (Lipinski definition) is 4. The summed E-state index contributed by atoms with van der Waals surface area (Å²) in [5.74, 6) is 1.10. The van der Waals surface area contributed by atoms with Crippen LogP contribution in [0.2, 0.25) is 0 Å². The van der Waals surface area contributed by atoms with Crippen LogP contribution in [0.3, 0.4) is 0 Å². The second-order valence-corrected chi connectivity index (χ2v) is 12.7. The summed E-state index contributed by atoms with van der Waals surface area (Å²) in [5.41, 5.74) is 8.51. The Labute approximate surface area is 264 Å². The largest absolute Gasteiger partial charge is 0.504 e. The van der Waals surface area contributed by atoms with Crippen molar-refractivity contribution in [3.63, 3.8) is 0 Å². The van der Waals surface area contributed by atoms with E-state index in [1.54, 1.807) is 6.92 Å². The Bertz CT molecular complexity index is 1140. The van der Waals surface area contributed by atoms with Crippen LogP contribution in [0, 0.1) is 12.8 Å². The first-order chi connectivity index (χ1) is 20.4. The van der Waals surface area contributed by atoms with E-state index in [2.05, 4.69) is 78.8 Å². The molecular weight excluding hydrogens is 532 g/mol. The van der Waals surface area contributed by atoms with Crippen molar-refractivity contribution in [1.82, 2.24) is 0 Å². The maximum atomic E-state index is 10.7. The van der Waals surface area contributed by atoms with Gasteiger partial charge in [-0.05, 0) is 125 Å². The van der Waals surface area contributed by atoms with Crippen LogP contribution in [0.5, 0.6) is 23.0 Å². The van der Waals surface area contributed by atoms with E-state index in [4.69, 9.17) is 9.47 Å². The Morgan fingerprint density at radius 3 is 1.60 bits per heavy atom. The maximum Gasteiger partial charge on any atom is 0.207 e. The Kier molecular flexibility index (Phi) is 18.6. The van der Waals surface area contributed by atoms with Gasteiger partial charge in [-0.15, -0.1) is 0 Å². The minimum Gasteiger partial charge on any atom is -0.504 e. The summed E-state index contributed by atoms with van der Waals surface area (Å²) in [6, 6.07) is 0. The van der Waals surface area contributed by atoms with Gasteiger partial charge in [-0.25, -0.2) is 0 Å². The smallest absolute Gasteiger partial charge is 0.207 e. The molecule has 1 rings (SSSR count). The number of hydrogen-bond donors (Lipinski definition) is 2. The van der Waals surface area contributed by atoms with E-state index in [9.17, 15) is 10.2 Å². The molecular formula is C39H62O4. The summed E-state index contributed by atoms with van der Waals surface area (Å²) in [6.07, 6.45) is 25.0. The molecule has 0 fully saturated rings. The Morgan fingerprint density at radius 1 is 0.628 bits per heavy atom. The van der Waals surface area contributed by atoms with Crippen molar-refractivity contribution in [1.29, 1.82) is 0 Å². The third-order valence-electron chi connectivity index (χ3n) is 8.37. The van der Waals surface area contributed by atoms with Crippen molar-refractivity contribution in [2.75, 3.05) is 14.2 Å². The fraction of sp³-hybridized carbons (Fsp3) is 0.590. The van der Waals surface area contributed by atoms with Crippen molar-refractivity contribution in [2.24, 2.45) is 5.92 Å². The van der Waals surface area contributed by atoms with Gasteiger partial charge in [0, 0.05) is 11.1 Å². The fourth-order valence-corrected chi connectivity index (χ4v) is 5.32. The van der Waals surface area contributed by atoms with Crippen LogP contribution in [0.15, 0.2) is 58.2 Å². The first kappa shape index (κ1) is 38.1. The van der Waals surface area contributed by atoms with Crippen LogP contribution < -0.4 is 9.47 Å². The molecule has 43 heavy (non-hydrogen) atoms. The zero-order valence-electron chi connectivity index (χ0n) is 29.2. The molecule has 0 aliphatic carbocycles. The zero-order chi connectivity index (χ0) is 32.4. The van der Waals surface area contributed by atoms with E-state index in [1.807, 2.05) is 0 Å². The van der Waals surface area contributed by atoms with Gasteiger partial charge in [0.1, 0.15) is 0 Å². The van der Waals surface area contributed by atoms with E-state index in [0.717, 1.165) is 51.4 Å². The fourth-order valence-electron chi connectivity index (χ4n) is 5.32. The van der Waals surface area contributed by atoms with Gasteiger partial charge in [0.05, 0.1) is 14.2 Å². The van der Waals surface area contributed by atoms with Gasteiger partial charge in [0.2, 0.25) is 11.5 Å². The summed E-state index contributed by atoms with van der Waals surface area (Å²) in [5, 5.41) is 21.2. The van der Waals surface area contributed by atoms with Gasteiger partial charge < -0.3 is 19.7 Å². The number of rotatable bonds is 20. The molecule has 0 spiro atoms. The molecule has 4 heteroatoms. The van der Waals surface area contributed by atoms with Gasteiger partial charge in [0.15, 0.2) is 11.5 Å². The number of benzene rings is 1. The second-order valence-electron chi connectivity index (χ2n) is 12.7. The van der Waals surface area contributed by atoms with Crippen LogP contribution in [0.25, 0.3) is 0 Å². The lowest BCUT2D eigenvalue weighted by atomic mass is 9.95. The molecule has 0 amide bonds. The molecule has 242 valence electrons. The third kappa shape index (κ3) is 14.9. The van der Waals surface area contributed by atoms with Crippen LogP contribution in [-0.2, 0) is 6.42 Å². The van der Waals surface area contributed by atoms with Crippen molar-refractivity contribution >= 4 is 0 Å². The molecule has 1 aromatic carbocycles. The number of phenols is 2. The van der Waals surface area contributed by atoms with Crippen LogP contribution in [0.4, 0.5) is 0 Å². The minimum atomic E-state index is 0.0165. The van der Waals surface area contributed by atoms with Crippen LogP contribution in [-0.4, -0.2) is 24.4 Å². The summed E-state index contributed by atoms with van der Waals surface area (Å²) < 4.78 is 10.5. The first-order valence-corrected chi connectivity index (χ1v) is 16.3. The first-order valence-electron chi connectivity index (χ1n) is 16.3. The quantitative estimate of drug-likeness (QED) is 0.116. The van der Waals surface area contributed by atoms with Crippen molar-refractivity contribution in [3.05, 3.63) is 69.4 Å². The Morgan fingerprint density at radius 2 is 1.09 bits per heavy atom. The highest BCUT2D eigenvalue weighted by atomic mass is 16.5. The summed E-state index contributed by atoms with van der Waals surface area (Å²) >= 11 is 0. The SMILES string of the molecule is COc1c(O)c(C)c(C/C=C(\C)CCCC(C)CC/C=C(\C)CC/C=C(\C)CC/C=C(\C)CCC=C(C)C)c(O)c1OC. The molecule has 0 radical (unpaired) electrons. The predicted octanol–water partition coefficient (Wildman–Crippen LogP) is 11.6.